The van der Waals surface area contributed by atoms with Gasteiger partial charge in [0.05, 0.1) is 0 Å². The first-order valence-electron chi connectivity index (χ1n) is 3.76. The van der Waals surface area contributed by atoms with Crippen molar-refractivity contribution in [3.05, 3.63) is 14.2 Å². The van der Waals surface area contributed by atoms with Crippen LogP contribution in [-0.4, -0.2) is 16.1 Å². The predicted octanol–water partition coefficient (Wildman–Crippen LogP) is 3.36. The monoisotopic (exact) mass is 296 g/mol. The molecule has 70 valence electrons. The highest BCUT2D eigenvalue weighted by Gasteiger charge is 2.43. The van der Waals surface area contributed by atoms with Crippen molar-refractivity contribution in [2.75, 3.05) is 0 Å². The fraction of sp³-hybridized carbons (Fsp3) is 0.750. The summed E-state index contributed by atoms with van der Waals surface area (Å²) >= 11 is 6.86. The van der Waals surface area contributed by atoms with E-state index >= 15 is 0 Å². The fourth-order valence-electron chi connectivity index (χ4n) is 1.41. The van der Waals surface area contributed by atoms with Crippen LogP contribution in [0.3, 0.4) is 0 Å². The minimum atomic E-state index is -0.456. The Morgan fingerprint density at radius 1 is 1.00 bits per heavy atom. The number of hydroxylamine groups is 2. The van der Waals surface area contributed by atoms with Crippen molar-refractivity contribution in [3.63, 3.8) is 0 Å². The third-order valence-electron chi connectivity index (χ3n) is 2.28. The summed E-state index contributed by atoms with van der Waals surface area (Å²) in [5.74, 6) is 0. The molecular weight excluding hydrogens is 286 g/mol. The molecule has 4 heteroatoms. The van der Waals surface area contributed by atoms with Crippen molar-refractivity contribution < 1.29 is 0 Å². The SMILES string of the molecule is CC1(C)C(Br)=C(Br)C(C)(C)N1[O-]. The molecule has 1 aliphatic rings. The van der Waals surface area contributed by atoms with Gasteiger partial charge in [-0.05, 0) is 27.7 Å². The van der Waals surface area contributed by atoms with E-state index in [-0.39, 0.29) is 0 Å². The highest BCUT2D eigenvalue weighted by atomic mass is 79.9. The molecule has 0 bridgehead atoms. The van der Waals surface area contributed by atoms with E-state index in [2.05, 4.69) is 31.9 Å². The Labute approximate surface area is 89.8 Å². The van der Waals surface area contributed by atoms with Crippen LogP contribution in [0.1, 0.15) is 27.7 Å². The minimum Gasteiger partial charge on any atom is -0.784 e. The zero-order valence-electron chi connectivity index (χ0n) is 7.61. The molecular formula is C8H12Br2NO-. The fourth-order valence-corrected chi connectivity index (χ4v) is 2.71. The van der Waals surface area contributed by atoms with Crippen LogP contribution in [0, 0.1) is 5.21 Å². The van der Waals surface area contributed by atoms with Crippen LogP contribution in [0.25, 0.3) is 0 Å². The van der Waals surface area contributed by atoms with Gasteiger partial charge in [0.2, 0.25) is 0 Å². The van der Waals surface area contributed by atoms with E-state index in [0.717, 1.165) is 14.0 Å². The molecule has 1 rings (SSSR count). The maximum Gasteiger partial charge on any atom is 0.0370 e. The van der Waals surface area contributed by atoms with Crippen LogP contribution in [0.15, 0.2) is 8.96 Å². The van der Waals surface area contributed by atoms with E-state index in [4.69, 9.17) is 0 Å². The maximum atomic E-state index is 11.8. The second-order valence-electron chi connectivity index (χ2n) is 4.04. The van der Waals surface area contributed by atoms with Gasteiger partial charge in [0, 0.05) is 20.0 Å². The lowest BCUT2D eigenvalue weighted by molar-refractivity contribution is 0.162. The molecule has 0 aromatic rings. The number of nitrogens with zero attached hydrogens (tertiary/aromatic N) is 1. The first kappa shape index (κ1) is 10.7. The minimum absolute atomic E-state index is 0.456. The predicted molar refractivity (Wildman–Crippen MR) is 58.2 cm³/mol. The summed E-state index contributed by atoms with van der Waals surface area (Å²) in [5, 5.41) is 12.9. The van der Waals surface area contributed by atoms with Gasteiger partial charge in [-0.15, -0.1) is 0 Å². The Kier molecular flexibility index (Phi) is 2.50. The van der Waals surface area contributed by atoms with Crippen LogP contribution in [0.2, 0.25) is 0 Å². The van der Waals surface area contributed by atoms with Crippen LogP contribution < -0.4 is 0 Å². The summed E-state index contributed by atoms with van der Waals surface area (Å²) < 4.78 is 1.88. The van der Waals surface area contributed by atoms with Crippen LogP contribution in [0.4, 0.5) is 0 Å². The molecule has 0 radical (unpaired) electrons. The highest BCUT2D eigenvalue weighted by Crippen LogP contribution is 2.49. The number of hydrogen-bond acceptors (Lipinski definition) is 2. The normalized spacial score (nSPS) is 28.2. The van der Waals surface area contributed by atoms with Gasteiger partial charge in [-0.2, -0.15) is 0 Å². The maximum absolute atomic E-state index is 11.8. The summed E-state index contributed by atoms with van der Waals surface area (Å²) in [4.78, 5) is 0. The molecule has 0 saturated carbocycles. The molecule has 1 heterocycles. The standard InChI is InChI=1S/C8H12Br2NO/c1-7(2)5(9)6(10)8(3,4)11(7)12/h1-4H3/q-1. The van der Waals surface area contributed by atoms with E-state index < -0.39 is 11.1 Å². The first-order valence-corrected chi connectivity index (χ1v) is 5.34. The molecule has 0 amide bonds. The van der Waals surface area contributed by atoms with E-state index in [1.165, 1.54) is 0 Å². The van der Waals surface area contributed by atoms with Crippen molar-refractivity contribution >= 4 is 31.9 Å². The van der Waals surface area contributed by atoms with E-state index in [0.29, 0.717) is 0 Å². The summed E-state index contributed by atoms with van der Waals surface area (Å²) in [5.41, 5.74) is -0.912. The third-order valence-corrected chi connectivity index (χ3v) is 5.55. The zero-order valence-corrected chi connectivity index (χ0v) is 10.8. The second-order valence-corrected chi connectivity index (χ2v) is 5.63. The molecule has 0 aromatic heterocycles. The summed E-state index contributed by atoms with van der Waals surface area (Å²) in [6.07, 6.45) is 0. The van der Waals surface area contributed by atoms with Crippen molar-refractivity contribution in [3.8, 4) is 0 Å². The average molecular weight is 298 g/mol. The van der Waals surface area contributed by atoms with Gasteiger partial charge in [0.15, 0.2) is 0 Å². The van der Waals surface area contributed by atoms with Gasteiger partial charge in [-0.3, -0.25) is 0 Å². The van der Waals surface area contributed by atoms with Gasteiger partial charge in [0.25, 0.3) is 0 Å². The van der Waals surface area contributed by atoms with Gasteiger partial charge in [-0.25, -0.2) is 0 Å². The molecule has 0 atom stereocenters. The Balaban J connectivity index is 3.22. The molecule has 0 N–H and O–H groups in total. The Morgan fingerprint density at radius 3 is 1.33 bits per heavy atom. The van der Waals surface area contributed by atoms with Crippen molar-refractivity contribution in [1.29, 1.82) is 0 Å². The van der Waals surface area contributed by atoms with Gasteiger partial charge >= 0.3 is 0 Å². The lowest BCUT2D eigenvalue weighted by Crippen LogP contribution is -2.46. The van der Waals surface area contributed by atoms with Gasteiger partial charge < -0.3 is 10.3 Å². The number of halogens is 2. The molecule has 0 saturated heterocycles. The molecule has 12 heavy (non-hydrogen) atoms. The van der Waals surface area contributed by atoms with Gasteiger partial charge in [0.1, 0.15) is 0 Å². The van der Waals surface area contributed by atoms with E-state index in [9.17, 15) is 5.21 Å². The summed E-state index contributed by atoms with van der Waals surface area (Å²) in [6.45, 7) is 7.61. The molecule has 0 aliphatic carbocycles. The topological polar surface area (TPSA) is 26.3 Å². The smallest absolute Gasteiger partial charge is 0.0370 e. The van der Waals surface area contributed by atoms with Crippen LogP contribution >= 0.6 is 31.9 Å². The van der Waals surface area contributed by atoms with Crippen molar-refractivity contribution in [2.45, 2.75) is 38.8 Å². The Bertz CT molecular complexity index is 221. The second kappa shape index (κ2) is 2.80. The quantitative estimate of drug-likeness (QED) is 0.685. The summed E-state index contributed by atoms with van der Waals surface area (Å²) in [6, 6.07) is 0. The first-order chi connectivity index (χ1) is 5.22. The van der Waals surface area contributed by atoms with Crippen molar-refractivity contribution in [2.24, 2.45) is 0 Å². The number of rotatable bonds is 0. The number of hydrogen-bond donors (Lipinski definition) is 0. The molecule has 2 nitrogen and oxygen atoms in total. The lowest BCUT2D eigenvalue weighted by atomic mass is 10.1. The van der Waals surface area contributed by atoms with Gasteiger partial charge in [-0.1, -0.05) is 31.9 Å². The molecule has 0 fully saturated rings. The largest absolute Gasteiger partial charge is 0.784 e. The average Bonchev–Trinajstić information content (AvgIpc) is 2.06. The van der Waals surface area contributed by atoms with Crippen molar-refractivity contribution in [1.82, 2.24) is 5.06 Å². The lowest BCUT2D eigenvalue weighted by Gasteiger charge is -2.47. The Morgan fingerprint density at radius 2 is 1.25 bits per heavy atom. The molecule has 0 aromatic carbocycles. The van der Waals surface area contributed by atoms with E-state index in [1.54, 1.807) is 0 Å². The highest BCUT2D eigenvalue weighted by molar-refractivity contribution is 9.14. The summed E-state index contributed by atoms with van der Waals surface area (Å²) in [7, 11) is 0. The van der Waals surface area contributed by atoms with Crippen LogP contribution in [-0.2, 0) is 0 Å². The third kappa shape index (κ3) is 1.20. The van der Waals surface area contributed by atoms with E-state index in [1.807, 2.05) is 27.7 Å². The molecule has 1 aliphatic heterocycles. The molecule has 0 spiro atoms. The molecule has 0 unspecified atom stereocenters. The zero-order chi connectivity index (χ0) is 9.73. The Hall–Kier alpha value is 0.620. The van der Waals surface area contributed by atoms with Crippen LogP contribution in [0.5, 0.6) is 0 Å².